The van der Waals surface area contributed by atoms with Crippen molar-refractivity contribution >= 4 is 11.8 Å². The SMILES string of the molecule is CC(=O)NC1CCN(C(=O)C2CNCC2C)C1. The zero-order valence-electron chi connectivity index (χ0n) is 10.5. The molecule has 17 heavy (non-hydrogen) atoms. The first-order valence-electron chi connectivity index (χ1n) is 6.34. The number of likely N-dealkylation sites (tertiary alicyclic amines) is 1. The molecular formula is C12H21N3O2. The van der Waals surface area contributed by atoms with Gasteiger partial charge in [0.05, 0.1) is 5.92 Å². The standard InChI is InChI=1S/C12H21N3O2/c1-8-5-13-6-11(8)12(17)15-4-3-10(7-15)14-9(2)16/h8,10-11,13H,3-7H2,1-2H3,(H,14,16). The predicted molar refractivity (Wildman–Crippen MR) is 64.3 cm³/mol. The zero-order chi connectivity index (χ0) is 12.4. The first kappa shape index (κ1) is 12.4. The molecule has 0 aromatic heterocycles. The van der Waals surface area contributed by atoms with E-state index in [0.29, 0.717) is 12.5 Å². The van der Waals surface area contributed by atoms with Gasteiger partial charge in [-0.3, -0.25) is 9.59 Å². The lowest BCUT2D eigenvalue weighted by Crippen LogP contribution is -2.40. The van der Waals surface area contributed by atoms with Crippen molar-refractivity contribution in [3.05, 3.63) is 0 Å². The molecule has 0 aromatic carbocycles. The Hall–Kier alpha value is -1.10. The second-order valence-electron chi connectivity index (χ2n) is 5.21. The molecule has 2 amide bonds. The molecule has 0 saturated carbocycles. The van der Waals surface area contributed by atoms with Crippen LogP contribution in [-0.2, 0) is 9.59 Å². The summed E-state index contributed by atoms with van der Waals surface area (Å²) in [5, 5.41) is 6.13. The first-order valence-corrected chi connectivity index (χ1v) is 6.34. The zero-order valence-corrected chi connectivity index (χ0v) is 10.5. The Labute approximate surface area is 102 Å². The largest absolute Gasteiger partial charge is 0.352 e. The molecule has 3 unspecified atom stereocenters. The predicted octanol–water partition coefficient (Wildman–Crippen LogP) is -0.421. The van der Waals surface area contributed by atoms with Crippen molar-refractivity contribution in [3.8, 4) is 0 Å². The maximum Gasteiger partial charge on any atom is 0.227 e. The molecule has 0 radical (unpaired) electrons. The Morgan fingerprint density at radius 3 is 2.71 bits per heavy atom. The van der Waals surface area contributed by atoms with Crippen LogP contribution in [0.3, 0.4) is 0 Å². The average molecular weight is 239 g/mol. The third kappa shape index (κ3) is 2.77. The molecule has 2 aliphatic rings. The highest BCUT2D eigenvalue weighted by Gasteiger charge is 2.35. The van der Waals surface area contributed by atoms with E-state index in [0.717, 1.165) is 26.1 Å². The van der Waals surface area contributed by atoms with Crippen LogP contribution in [-0.4, -0.2) is 48.9 Å². The quantitative estimate of drug-likeness (QED) is 0.688. The van der Waals surface area contributed by atoms with Gasteiger partial charge in [-0.25, -0.2) is 0 Å². The Kier molecular flexibility index (Phi) is 3.66. The highest BCUT2D eigenvalue weighted by atomic mass is 16.2. The summed E-state index contributed by atoms with van der Waals surface area (Å²) in [6.45, 7) is 6.80. The summed E-state index contributed by atoms with van der Waals surface area (Å²) in [5.74, 6) is 0.768. The van der Waals surface area contributed by atoms with Crippen LogP contribution in [0.1, 0.15) is 20.3 Å². The molecule has 0 aliphatic carbocycles. The van der Waals surface area contributed by atoms with E-state index in [1.807, 2.05) is 4.90 Å². The molecule has 5 heteroatoms. The second kappa shape index (κ2) is 5.04. The van der Waals surface area contributed by atoms with E-state index in [1.54, 1.807) is 0 Å². The van der Waals surface area contributed by atoms with Crippen LogP contribution in [0.4, 0.5) is 0 Å². The van der Waals surface area contributed by atoms with Gasteiger partial charge in [0.25, 0.3) is 0 Å². The van der Waals surface area contributed by atoms with Crippen LogP contribution in [0.2, 0.25) is 0 Å². The number of nitrogens with one attached hydrogen (secondary N) is 2. The summed E-state index contributed by atoms with van der Waals surface area (Å²) in [6.07, 6.45) is 0.875. The molecule has 3 atom stereocenters. The van der Waals surface area contributed by atoms with Crippen molar-refractivity contribution in [2.45, 2.75) is 26.3 Å². The Bertz CT molecular complexity index is 319. The van der Waals surface area contributed by atoms with Crippen molar-refractivity contribution in [1.29, 1.82) is 0 Å². The molecule has 2 saturated heterocycles. The van der Waals surface area contributed by atoms with Crippen molar-refractivity contribution in [1.82, 2.24) is 15.5 Å². The number of carbonyl (C=O) groups excluding carboxylic acids is 2. The Morgan fingerprint density at radius 1 is 1.35 bits per heavy atom. The van der Waals surface area contributed by atoms with E-state index in [-0.39, 0.29) is 23.8 Å². The third-order valence-corrected chi connectivity index (χ3v) is 3.74. The molecule has 0 spiro atoms. The van der Waals surface area contributed by atoms with E-state index in [2.05, 4.69) is 17.6 Å². The van der Waals surface area contributed by atoms with Crippen LogP contribution in [0.15, 0.2) is 0 Å². The summed E-state index contributed by atoms with van der Waals surface area (Å²) >= 11 is 0. The summed E-state index contributed by atoms with van der Waals surface area (Å²) in [6, 6.07) is 0.140. The number of rotatable bonds is 2. The lowest BCUT2D eigenvalue weighted by Gasteiger charge is -2.22. The fourth-order valence-corrected chi connectivity index (χ4v) is 2.74. The normalized spacial score (nSPS) is 32.8. The fraction of sp³-hybridized carbons (Fsp3) is 0.833. The number of carbonyl (C=O) groups is 2. The summed E-state index contributed by atoms with van der Waals surface area (Å²) < 4.78 is 0. The van der Waals surface area contributed by atoms with Crippen molar-refractivity contribution in [3.63, 3.8) is 0 Å². The fourth-order valence-electron chi connectivity index (χ4n) is 2.74. The average Bonchev–Trinajstić information content (AvgIpc) is 2.85. The second-order valence-corrected chi connectivity index (χ2v) is 5.21. The Balaban J connectivity index is 1.87. The lowest BCUT2D eigenvalue weighted by molar-refractivity contribution is -0.135. The van der Waals surface area contributed by atoms with Gasteiger partial charge in [0, 0.05) is 32.6 Å². The first-order chi connectivity index (χ1) is 8.08. The monoisotopic (exact) mass is 239 g/mol. The van der Waals surface area contributed by atoms with Gasteiger partial charge in [0.15, 0.2) is 0 Å². The molecule has 0 bridgehead atoms. The number of hydrogen-bond donors (Lipinski definition) is 2. The highest BCUT2D eigenvalue weighted by molar-refractivity contribution is 5.80. The minimum absolute atomic E-state index is 0.0137. The molecule has 2 N–H and O–H groups in total. The molecule has 2 heterocycles. The van der Waals surface area contributed by atoms with Crippen molar-refractivity contribution < 1.29 is 9.59 Å². The number of nitrogens with zero attached hydrogens (tertiary/aromatic N) is 1. The van der Waals surface area contributed by atoms with Gasteiger partial charge >= 0.3 is 0 Å². The lowest BCUT2D eigenvalue weighted by atomic mass is 9.97. The van der Waals surface area contributed by atoms with Crippen molar-refractivity contribution in [2.24, 2.45) is 11.8 Å². The molecule has 2 rings (SSSR count). The van der Waals surface area contributed by atoms with Gasteiger partial charge in [-0.1, -0.05) is 6.92 Å². The molecule has 0 aromatic rings. The number of hydrogen-bond acceptors (Lipinski definition) is 3. The van der Waals surface area contributed by atoms with Gasteiger partial charge in [-0.2, -0.15) is 0 Å². The topological polar surface area (TPSA) is 61.4 Å². The van der Waals surface area contributed by atoms with E-state index in [1.165, 1.54) is 6.92 Å². The van der Waals surface area contributed by atoms with Gasteiger partial charge in [0.2, 0.25) is 11.8 Å². The van der Waals surface area contributed by atoms with Gasteiger partial charge in [-0.05, 0) is 18.9 Å². The summed E-state index contributed by atoms with van der Waals surface area (Å²) in [7, 11) is 0. The minimum Gasteiger partial charge on any atom is -0.352 e. The molecule has 5 nitrogen and oxygen atoms in total. The van der Waals surface area contributed by atoms with Crippen LogP contribution in [0.25, 0.3) is 0 Å². The van der Waals surface area contributed by atoms with Gasteiger partial charge in [-0.15, -0.1) is 0 Å². The van der Waals surface area contributed by atoms with Crippen LogP contribution in [0, 0.1) is 11.8 Å². The minimum atomic E-state index is -0.0137. The summed E-state index contributed by atoms with van der Waals surface area (Å²) in [5.41, 5.74) is 0. The number of amides is 2. The summed E-state index contributed by atoms with van der Waals surface area (Å²) in [4.78, 5) is 25.1. The smallest absolute Gasteiger partial charge is 0.227 e. The maximum atomic E-state index is 12.3. The van der Waals surface area contributed by atoms with Crippen LogP contribution >= 0.6 is 0 Å². The van der Waals surface area contributed by atoms with Gasteiger partial charge < -0.3 is 15.5 Å². The molecular weight excluding hydrogens is 218 g/mol. The van der Waals surface area contributed by atoms with Crippen LogP contribution < -0.4 is 10.6 Å². The highest BCUT2D eigenvalue weighted by Crippen LogP contribution is 2.21. The van der Waals surface area contributed by atoms with E-state index in [4.69, 9.17) is 0 Å². The molecule has 2 aliphatic heterocycles. The van der Waals surface area contributed by atoms with E-state index >= 15 is 0 Å². The van der Waals surface area contributed by atoms with Crippen LogP contribution in [0.5, 0.6) is 0 Å². The van der Waals surface area contributed by atoms with Gasteiger partial charge in [0.1, 0.15) is 0 Å². The molecule has 96 valence electrons. The van der Waals surface area contributed by atoms with Crippen molar-refractivity contribution in [2.75, 3.05) is 26.2 Å². The molecule has 2 fully saturated rings. The third-order valence-electron chi connectivity index (χ3n) is 3.74. The maximum absolute atomic E-state index is 12.3. The van der Waals surface area contributed by atoms with E-state index in [9.17, 15) is 9.59 Å². The van der Waals surface area contributed by atoms with E-state index < -0.39 is 0 Å². The Morgan fingerprint density at radius 2 is 2.12 bits per heavy atom.